The summed E-state index contributed by atoms with van der Waals surface area (Å²) in [5.41, 5.74) is -1.57. The largest absolute Gasteiger partial charge is 0.519 e. The van der Waals surface area contributed by atoms with Gasteiger partial charge in [-0.25, -0.2) is 14.6 Å². The molecule has 166 valence electrons. The summed E-state index contributed by atoms with van der Waals surface area (Å²) in [7, 11) is 1.49. The lowest BCUT2D eigenvalue weighted by Crippen LogP contribution is -2.60. The quantitative estimate of drug-likeness (QED) is 0.669. The zero-order valence-corrected chi connectivity index (χ0v) is 18.3. The van der Waals surface area contributed by atoms with Gasteiger partial charge >= 0.3 is 11.9 Å². The molecule has 1 aliphatic rings. The van der Waals surface area contributed by atoms with Crippen molar-refractivity contribution in [2.24, 2.45) is 5.10 Å². The summed E-state index contributed by atoms with van der Waals surface area (Å²) in [5.74, 6) is -1.11. The summed E-state index contributed by atoms with van der Waals surface area (Å²) in [5, 5.41) is 6.33. The van der Waals surface area contributed by atoms with E-state index < -0.39 is 29.0 Å². The summed E-state index contributed by atoms with van der Waals surface area (Å²) in [6.45, 7) is 7.78. The Bertz CT molecular complexity index is 1060. The minimum absolute atomic E-state index is 0.0826. The van der Waals surface area contributed by atoms with Gasteiger partial charge in [0.2, 0.25) is 0 Å². The van der Waals surface area contributed by atoms with Crippen LogP contribution in [-0.4, -0.2) is 46.0 Å². The summed E-state index contributed by atoms with van der Waals surface area (Å²) in [6.07, 6.45) is -0.897. The number of hydrogen-bond donors (Lipinski definition) is 0. The van der Waals surface area contributed by atoms with E-state index in [4.69, 9.17) is 18.4 Å². The number of hydroxylamine groups is 2. The lowest BCUT2D eigenvalue weighted by atomic mass is 9.90. The normalized spacial score (nSPS) is 18.8. The van der Waals surface area contributed by atoms with Crippen molar-refractivity contribution in [3.63, 3.8) is 0 Å². The van der Waals surface area contributed by atoms with Crippen molar-refractivity contribution in [2.45, 2.75) is 52.4 Å². The third-order valence-electron chi connectivity index (χ3n) is 4.59. The Hall–Kier alpha value is -3.40. The Morgan fingerprint density at radius 3 is 2.39 bits per heavy atom. The van der Waals surface area contributed by atoms with Gasteiger partial charge in [-0.1, -0.05) is 30.3 Å². The fourth-order valence-electron chi connectivity index (χ4n) is 3.12. The first-order valence-electron chi connectivity index (χ1n) is 9.61. The smallest absolute Gasteiger partial charge is 0.442 e. The van der Waals surface area contributed by atoms with Crippen molar-refractivity contribution >= 4 is 17.7 Å². The maximum Gasteiger partial charge on any atom is 0.519 e. The average Bonchev–Trinajstić information content (AvgIpc) is 3.12. The minimum Gasteiger partial charge on any atom is -0.442 e. The molecule has 2 heterocycles. The molecule has 0 radical (unpaired) electrons. The highest BCUT2D eigenvalue weighted by Crippen LogP contribution is 2.32. The van der Waals surface area contributed by atoms with Crippen LogP contribution in [0.15, 0.2) is 49.1 Å². The number of ether oxygens (including phenoxy) is 1. The van der Waals surface area contributed by atoms with Crippen LogP contribution < -0.4 is 5.82 Å². The Balaban J connectivity index is 2.04. The number of nitrogens with zero attached hydrogens (tertiary/aromatic N) is 3. The van der Waals surface area contributed by atoms with Gasteiger partial charge in [-0.2, -0.15) is 10.2 Å². The molecule has 1 aromatic carbocycles. The van der Waals surface area contributed by atoms with E-state index in [2.05, 4.69) is 5.10 Å². The molecular weight excluding hydrogens is 406 g/mol. The van der Waals surface area contributed by atoms with Crippen LogP contribution in [0.4, 0.5) is 4.79 Å². The SMILES string of the molecule is Cc1oc(=O)oc1CON(C(=O)OC(C)(C)C)C1(C)C(=O)N(C)N=C1c1ccccc1. The van der Waals surface area contributed by atoms with Crippen LogP contribution in [0.3, 0.4) is 0 Å². The van der Waals surface area contributed by atoms with E-state index in [0.29, 0.717) is 11.3 Å². The summed E-state index contributed by atoms with van der Waals surface area (Å²) < 4.78 is 15.3. The Kier molecular flexibility index (Phi) is 5.77. The van der Waals surface area contributed by atoms with Crippen LogP contribution in [0.2, 0.25) is 0 Å². The van der Waals surface area contributed by atoms with Crippen molar-refractivity contribution in [1.29, 1.82) is 0 Å². The number of rotatable bonds is 5. The molecule has 0 bridgehead atoms. The van der Waals surface area contributed by atoms with Gasteiger partial charge in [0.05, 0.1) is 0 Å². The first-order valence-corrected chi connectivity index (χ1v) is 9.61. The molecule has 0 saturated carbocycles. The summed E-state index contributed by atoms with van der Waals surface area (Å²) >= 11 is 0. The second kappa shape index (κ2) is 8.03. The van der Waals surface area contributed by atoms with E-state index in [9.17, 15) is 14.4 Å². The van der Waals surface area contributed by atoms with Crippen LogP contribution in [0.1, 0.15) is 44.8 Å². The molecule has 10 heteroatoms. The molecule has 1 unspecified atom stereocenters. The van der Waals surface area contributed by atoms with Crippen LogP contribution in [0.25, 0.3) is 0 Å². The monoisotopic (exact) mass is 431 g/mol. The first-order chi connectivity index (χ1) is 14.4. The maximum atomic E-state index is 13.2. The molecule has 0 N–H and O–H groups in total. The lowest BCUT2D eigenvalue weighted by Gasteiger charge is -2.36. The Morgan fingerprint density at radius 1 is 1.19 bits per heavy atom. The van der Waals surface area contributed by atoms with Crippen molar-refractivity contribution in [1.82, 2.24) is 10.1 Å². The number of hydrazone groups is 1. The van der Waals surface area contributed by atoms with Gasteiger partial charge in [0.1, 0.15) is 23.7 Å². The predicted molar refractivity (Wildman–Crippen MR) is 109 cm³/mol. The van der Waals surface area contributed by atoms with Gasteiger partial charge < -0.3 is 13.6 Å². The third kappa shape index (κ3) is 4.38. The zero-order valence-electron chi connectivity index (χ0n) is 18.3. The van der Waals surface area contributed by atoms with Gasteiger partial charge in [-0.15, -0.1) is 0 Å². The van der Waals surface area contributed by atoms with E-state index in [-0.39, 0.29) is 18.1 Å². The van der Waals surface area contributed by atoms with Crippen LogP contribution in [0, 0.1) is 6.92 Å². The number of carbonyl (C=O) groups excluding carboxylic acids is 2. The number of likely N-dealkylation sites (N-methyl/N-ethyl adjacent to an activating group) is 1. The Labute approximate surface area is 179 Å². The fraction of sp³-hybridized carbons (Fsp3) is 0.429. The number of amides is 2. The molecule has 0 aliphatic carbocycles. The van der Waals surface area contributed by atoms with Gasteiger partial charge in [-0.3, -0.25) is 9.63 Å². The number of hydrogen-bond acceptors (Lipinski definition) is 8. The topological polar surface area (TPSA) is 115 Å². The molecule has 0 fully saturated rings. The minimum atomic E-state index is -1.64. The molecular formula is C21H25N3O7. The lowest BCUT2D eigenvalue weighted by molar-refractivity contribution is -0.198. The van der Waals surface area contributed by atoms with Crippen LogP contribution in [0.5, 0.6) is 0 Å². The van der Waals surface area contributed by atoms with Crippen molar-refractivity contribution in [3.8, 4) is 0 Å². The van der Waals surface area contributed by atoms with Crippen LogP contribution >= 0.6 is 0 Å². The van der Waals surface area contributed by atoms with Gasteiger partial charge in [-0.05, 0) is 34.6 Å². The highest BCUT2D eigenvalue weighted by Gasteiger charge is 2.55. The van der Waals surface area contributed by atoms with Gasteiger partial charge in [0.25, 0.3) is 5.91 Å². The van der Waals surface area contributed by atoms with E-state index in [1.165, 1.54) is 20.9 Å². The average molecular weight is 431 g/mol. The molecule has 0 spiro atoms. The van der Waals surface area contributed by atoms with E-state index in [1.807, 2.05) is 6.07 Å². The Morgan fingerprint density at radius 2 is 1.84 bits per heavy atom. The standard InChI is InChI=1S/C21H25N3O7/c1-13-15(30-19(27)29-13)12-28-24(18(26)31-20(2,3)4)21(5)16(22-23(6)17(21)25)14-10-8-7-9-11-14/h7-11H,12H2,1-6H3. The molecule has 10 nitrogen and oxygen atoms in total. The maximum absolute atomic E-state index is 13.2. The molecule has 2 aromatic rings. The second-order valence-corrected chi connectivity index (χ2v) is 8.20. The molecule has 0 saturated heterocycles. The van der Waals surface area contributed by atoms with Crippen molar-refractivity contribution in [3.05, 3.63) is 58.0 Å². The molecule has 1 aliphatic heterocycles. The number of benzene rings is 1. The molecule has 2 amide bonds. The third-order valence-corrected chi connectivity index (χ3v) is 4.59. The molecule has 1 atom stereocenters. The zero-order chi connectivity index (χ0) is 23.0. The summed E-state index contributed by atoms with van der Waals surface area (Å²) in [6, 6.07) is 8.96. The van der Waals surface area contributed by atoms with E-state index in [0.717, 1.165) is 10.1 Å². The van der Waals surface area contributed by atoms with E-state index >= 15 is 0 Å². The predicted octanol–water partition coefficient (Wildman–Crippen LogP) is 2.84. The van der Waals surface area contributed by atoms with Crippen molar-refractivity contribution in [2.75, 3.05) is 7.05 Å². The second-order valence-electron chi connectivity index (χ2n) is 8.20. The van der Waals surface area contributed by atoms with Crippen molar-refractivity contribution < 1.29 is 28.0 Å². The van der Waals surface area contributed by atoms with Crippen LogP contribution in [-0.2, 0) is 21.0 Å². The number of aryl methyl sites for hydroxylation is 1. The van der Waals surface area contributed by atoms with Gasteiger partial charge in [0, 0.05) is 12.6 Å². The highest BCUT2D eigenvalue weighted by molar-refractivity contribution is 6.24. The van der Waals surface area contributed by atoms with Gasteiger partial charge in [0.15, 0.2) is 11.3 Å². The van der Waals surface area contributed by atoms with E-state index in [1.54, 1.807) is 45.0 Å². The first kappa shape index (κ1) is 22.3. The molecule has 1 aromatic heterocycles. The fourth-order valence-corrected chi connectivity index (χ4v) is 3.12. The molecule has 3 rings (SSSR count). The number of carbonyl (C=O) groups is 2. The summed E-state index contributed by atoms with van der Waals surface area (Å²) in [4.78, 5) is 43.4. The molecule has 31 heavy (non-hydrogen) atoms. The highest BCUT2D eigenvalue weighted by atomic mass is 16.7.